The summed E-state index contributed by atoms with van der Waals surface area (Å²) >= 11 is 0. The number of halogens is 1. The molecule has 0 aliphatic rings. The van der Waals surface area contributed by atoms with Crippen molar-refractivity contribution in [2.75, 3.05) is 13.7 Å². The van der Waals surface area contributed by atoms with Crippen LogP contribution < -0.4 is 11.1 Å². The summed E-state index contributed by atoms with van der Waals surface area (Å²) in [4.78, 5) is 11.4. The van der Waals surface area contributed by atoms with E-state index in [2.05, 4.69) is 5.32 Å². The monoisotopic (exact) mass is 248 g/mol. The summed E-state index contributed by atoms with van der Waals surface area (Å²) in [6, 6.07) is 3.58. The van der Waals surface area contributed by atoms with E-state index in [1.165, 1.54) is 7.11 Å². The summed E-state index contributed by atoms with van der Waals surface area (Å²) < 4.78 is 10.1. The molecular formula is C10H17ClN2O3. The molecule has 0 radical (unpaired) electrons. The number of methoxy groups -OCH3 is 1. The molecule has 16 heavy (non-hydrogen) atoms. The minimum atomic E-state index is -0.221. The highest BCUT2D eigenvalue weighted by Gasteiger charge is 2.11. The second kappa shape index (κ2) is 8.15. The van der Waals surface area contributed by atoms with Crippen LogP contribution in [0.25, 0.3) is 0 Å². The second-order valence-electron chi connectivity index (χ2n) is 3.15. The fourth-order valence-electron chi connectivity index (χ4n) is 1.14. The van der Waals surface area contributed by atoms with E-state index in [4.69, 9.17) is 14.9 Å². The van der Waals surface area contributed by atoms with Crippen molar-refractivity contribution in [1.29, 1.82) is 0 Å². The molecule has 3 N–H and O–H groups in total. The number of nitrogens with one attached hydrogen (secondary N) is 1. The molecule has 5 nitrogen and oxygen atoms in total. The molecule has 0 aromatic carbocycles. The van der Waals surface area contributed by atoms with Crippen LogP contribution in [0, 0.1) is 0 Å². The average Bonchev–Trinajstić information content (AvgIpc) is 2.75. The van der Waals surface area contributed by atoms with Gasteiger partial charge < -0.3 is 20.2 Å². The number of carbonyl (C=O) groups excluding carboxylic acids is 1. The van der Waals surface area contributed by atoms with Crippen LogP contribution in [0.1, 0.15) is 12.2 Å². The van der Waals surface area contributed by atoms with E-state index >= 15 is 0 Å². The fraction of sp³-hybridized carbons (Fsp3) is 0.500. The molecule has 0 saturated carbocycles. The minimum Gasteiger partial charge on any atom is -0.467 e. The van der Waals surface area contributed by atoms with Crippen molar-refractivity contribution in [3.63, 3.8) is 0 Å². The molecule has 1 aromatic heterocycles. The van der Waals surface area contributed by atoms with Gasteiger partial charge in [0, 0.05) is 13.7 Å². The van der Waals surface area contributed by atoms with Crippen LogP contribution in [0.5, 0.6) is 0 Å². The van der Waals surface area contributed by atoms with Crippen LogP contribution in [-0.2, 0) is 16.1 Å². The number of nitrogens with two attached hydrogens (primary N) is 1. The van der Waals surface area contributed by atoms with Gasteiger partial charge in [-0.25, -0.2) is 0 Å². The molecule has 1 rings (SSSR count). The Morgan fingerprint density at radius 1 is 1.69 bits per heavy atom. The topological polar surface area (TPSA) is 77.5 Å². The van der Waals surface area contributed by atoms with Crippen LogP contribution in [0.4, 0.5) is 0 Å². The van der Waals surface area contributed by atoms with Gasteiger partial charge in [-0.2, -0.15) is 0 Å². The maximum absolute atomic E-state index is 11.4. The molecule has 1 amide bonds. The molecule has 6 heteroatoms. The lowest BCUT2D eigenvalue weighted by Gasteiger charge is -2.11. The lowest BCUT2D eigenvalue weighted by Crippen LogP contribution is -2.31. The highest BCUT2D eigenvalue weighted by atomic mass is 35.5. The number of carbonyl (C=O) groups is 1. The SMILES string of the molecule is COC(CN)CC(=O)NCc1ccco1.Cl. The third-order valence-corrected chi connectivity index (χ3v) is 2.05. The summed E-state index contributed by atoms with van der Waals surface area (Å²) in [6.07, 6.45) is 1.62. The van der Waals surface area contributed by atoms with E-state index in [1.54, 1.807) is 18.4 Å². The van der Waals surface area contributed by atoms with E-state index in [0.29, 0.717) is 13.1 Å². The quantitative estimate of drug-likeness (QED) is 0.776. The van der Waals surface area contributed by atoms with Crippen molar-refractivity contribution in [3.8, 4) is 0 Å². The van der Waals surface area contributed by atoms with Gasteiger partial charge in [-0.1, -0.05) is 0 Å². The molecule has 0 saturated heterocycles. The Morgan fingerprint density at radius 3 is 2.94 bits per heavy atom. The van der Waals surface area contributed by atoms with Crippen LogP contribution in [0.15, 0.2) is 22.8 Å². The predicted molar refractivity (Wildman–Crippen MR) is 62.3 cm³/mol. The Balaban J connectivity index is 0.00000225. The van der Waals surface area contributed by atoms with Crippen molar-refractivity contribution in [2.24, 2.45) is 5.73 Å². The normalized spacial score (nSPS) is 11.6. The molecule has 1 aromatic rings. The van der Waals surface area contributed by atoms with Crippen LogP contribution in [0.2, 0.25) is 0 Å². The molecular weight excluding hydrogens is 232 g/mol. The van der Waals surface area contributed by atoms with Gasteiger partial charge in [-0.3, -0.25) is 4.79 Å². The van der Waals surface area contributed by atoms with Crippen molar-refractivity contribution in [3.05, 3.63) is 24.2 Å². The second-order valence-corrected chi connectivity index (χ2v) is 3.15. The van der Waals surface area contributed by atoms with E-state index < -0.39 is 0 Å². The van der Waals surface area contributed by atoms with Gasteiger partial charge in [0.15, 0.2) is 0 Å². The van der Waals surface area contributed by atoms with E-state index in [0.717, 1.165) is 5.76 Å². The van der Waals surface area contributed by atoms with E-state index in [1.807, 2.05) is 0 Å². The van der Waals surface area contributed by atoms with Gasteiger partial charge in [0.25, 0.3) is 0 Å². The number of ether oxygens (including phenoxy) is 1. The van der Waals surface area contributed by atoms with Crippen molar-refractivity contribution < 1.29 is 13.9 Å². The molecule has 0 bridgehead atoms. The zero-order chi connectivity index (χ0) is 11.1. The largest absolute Gasteiger partial charge is 0.467 e. The number of rotatable bonds is 6. The first-order valence-corrected chi connectivity index (χ1v) is 4.78. The number of amides is 1. The summed E-state index contributed by atoms with van der Waals surface area (Å²) in [5.74, 6) is 0.633. The molecule has 1 atom stereocenters. The average molecular weight is 249 g/mol. The first kappa shape index (κ1) is 15.0. The van der Waals surface area contributed by atoms with E-state index in [-0.39, 0.29) is 30.8 Å². The standard InChI is InChI=1S/C10H16N2O3.ClH/c1-14-9(6-11)5-10(13)12-7-8-3-2-4-15-8;/h2-4,9H,5-7,11H2,1H3,(H,12,13);1H. The number of furan rings is 1. The third-order valence-electron chi connectivity index (χ3n) is 2.05. The molecule has 1 heterocycles. The van der Waals surface area contributed by atoms with Crippen LogP contribution >= 0.6 is 12.4 Å². The Kier molecular flexibility index (Phi) is 7.62. The highest BCUT2D eigenvalue weighted by Crippen LogP contribution is 2.00. The van der Waals surface area contributed by atoms with Crippen molar-refractivity contribution in [1.82, 2.24) is 5.32 Å². The minimum absolute atomic E-state index is 0. The zero-order valence-corrected chi connectivity index (χ0v) is 9.96. The molecule has 0 spiro atoms. The van der Waals surface area contributed by atoms with Gasteiger partial charge in [0.2, 0.25) is 5.91 Å². The highest BCUT2D eigenvalue weighted by molar-refractivity contribution is 5.85. The van der Waals surface area contributed by atoms with Gasteiger partial charge in [-0.05, 0) is 12.1 Å². The van der Waals surface area contributed by atoms with Crippen LogP contribution in [0.3, 0.4) is 0 Å². The van der Waals surface area contributed by atoms with Crippen LogP contribution in [-0.4, -0.2) is 25.7 Å². The Hall–Kier alpha value is -1.04. The summed E-state index contributed by atoms with van der Waals surface area (Å²) in [5.41, 5.74) is 5.40. The summed E-state index contributed by atoms with van der Waals surface area (Å²) in [6.45, 7) is 0.734. The first-order valence-electron chi connectivity index (χ1n) is 4.78. The van der Waals surface area contributed by atoms with Crippen molar-refractivity contribution >= 4 is 18.3 Å². The van der Waals surface area contributed by atoms with Gasteiger partial charge >= 0.3 is 0 Å². The lowest BCUT2D eigenvalue weighted by atomic mass is 10.2. The van der Waals surface area contributed by atoms with Crippen molar-refractivity contribution in [2.45, 2.75) is 19.1 Å². The third kappa shape index (κ3) is 5.16. The maximum Gasteiger partial charge on any atom is 0.223 e. The Bertz CT molecular complexity index is 286. The molecule has 0 aliphatic heterocycles. The molecule has 1 unspecified atom stereocenters. The lowest BCUT2D eigenvalue weighted by molar-refractivity contribution is -0.123. The smallest absolute Gasteiger partial charge is 0.223 e. The molecule has 0 fully saturated rings. The number of hydrogen-bond acceptors (Lipinski definition) is 4. The predicted octanol–water partition coefficient (Wildman–Crippen LogP) is 0.681. The van der Waals surface area contributed by atoms with Gasteiger partial charge in [0.05, 0.1) is 25.3 Å². The van der Waals surface area contributed by atoms with Gasteiger partial charge in [-0.15, -0.1) is 12.4 Å². The zero-order valence-electron chi connectivity index (χ0n) is 9.14. The van der Waals surface area contributed by atoms with Gasteiger partial charge in [0.1, 0.15) is 5.76 Å². The summed E-state index contributed by atoms with van der Waals surface area (Å²) in [5, 5.41) is 2.72. The summed E-state index contributed by atoms with van der Waals surface area (Å²) in [7, 11) is 1.54. The Labute approximate surface area is 101 Å². The molecule has 92 valence electrons. The fourth-order valence-corrected chi connectivity index (χ4v) is 1.14. The maximum atomic E-state index is 11.4. The number of hydrogen-bond donors (Lipinski definition) is 2. The Morgan fingerprint density at radius 2 is 2.44 bits per heavy atom. The molecule has 0 aliphatic carbocycles. The first-order chi connectivity index (χ1) is 7.26. The van der Waals surface area contributed by atoms with E-state index in [9.17, 15) is 4.79 Å².